The van der Waals surface area contributed by atoms with E-state index in [0.29, 0.717) is 16.3 Å². The molecule has 0 bridgehead atoms. The van der Waals surface area contributed by atoms with E-state index >= 15 is 0 Å². The van der Waals surface area contributed by atoms with Crippen LogP contribution >= 0.6 is 11.6 Å². The number of aromatic nitrogens is 2. The maximum atomic E-state index is 11.6. The Kier molecular flexibility index (Phi) is 4.29. The van der Waals surface area contributed by atoms with Crippen LogP contribution in [-0.2, 0) is 7.05 Å². The molecule has 106 valence electrons. The van der Waals surface area contributed by atoms with Crippen molar-refractivity contribution in [3.8, 4) is 0 Å². The largest absolute Gasteiger partial charge is 0.374 e. The molecule has 1 aromatic carbocycles. The van der Waals surface area contributed by atoms with Gasteiger partial charge in [0.1, 0.15) is 5.82 Å². The molecule has 5 nitrogen and oxygen atoms in total. The van der Waals surface area contributed by atoms with Gasteiger partial charge in [0.15, 0.2) is 0 Å². The number of amides is 1. The first-order valence-corrected chi connectivity index (χ1v) is 6.66. The number of benzene rings is 1. The number of hydrogen-bond donors (Lipinski definition) is 2. The fraction of sp³-hybridized carbons (Fsp3) is 0.286. The number of carbonyl (C=O) groups is 1. The van der Waals surface area contributed by atoms with E-state index in [1.807, 2.05) is 24.7 Å². The van der Waals surface area contributed by atoms with Gasteiger partial charge in [-0.15, -0.1) is 0 Å². The predicted octanol–water partition coefficient (Wildman–Crippen LogP) is 2.61. The maximum Gasteiger partial charge on any atom is 0.251 e. The summed E-state index contributed by atoms with van der Waals surface area (Å²) in [7, 11) is 3.53. The summed E-state index contributed by atoms with van der Waals surface area (Å²) in [6.07, 6.45) is 3.63. The summed E-state index contributed by atoms with van der Waals surface area (Å²) in [5.41, 5.74) is 1.27. The molecule has 0 radical (unpaired) electrons. The summed E-state index contributed by atoms with van der Waals surface area (Å²) in [5, 5.41) is 6.44. The monoisotopic (exact) mass is 292 g/mol. The zero-order valence-electron chi connectivity index (χ0n) is 11.6. The van der Waals surface area contributed by atoms with Crippen LogP contribution in [-0.4, -0.2) is 22.5 Å². The van der Waals surface area contributed by atoms with Gasteiger partial charge in [0.25, 0.3) is 5.91 Å². The van der Waals surface area contributed by atoms with Crippen molar-refractivity contribution in [3.63, 3.8) is 0 Å². The summed E-state index contributed by atoms with van der Waals surface area (Å²) < 4.78 is 1.94. The maximum absolute atomic E-state index is 11.6. The lowest BCUT2D eigenvalue weighted by molar-refractivity contribution is 0.0963. The van der Waals surface area contributed by atoms with Crippen molar-refractivity contribution in [2.75, 3.05) is 12.4 Å². The van der Waals surface area contributed by atoms with E-state index in [2.05, 4.69) is 15.6 Å². The van der Waals surface area contributed by atoms with Crippen LogP contribution in [0.15, 0.2) is 30.6 Å². The van der Waals surface area contributed by atoms with Crippen molar-refractivity contribution in [1.29, 1.82) is 0 Å². The van der Waals surface area contributed by atoms with Crippen molar-refractivity contribution in [2.24, 2.45) is 7.05 Å². The van der Waals surface area contributed by atoms with Gasteiger partial charge >= 0.3 is 0 Å². The van der Waals surface area contributed by atoms with Crippen molar-refractivity contribution >= 4 is 23.2 Å². The lowest BCUT2D eigenvalue weighted by Gasteiger charge is -2.17. The van der Waals surface area contributed by atoms with Gasteiger partial charge in [0.05, 0.1) is 16.8 Å². The number of imidazole rings is 1. The molecule has 0 spiro atoms. The fourth-order valence-corrected chi connectivity index (χ4v) is 2.19. The van der Waals surface area contributed by atoms with E-state index in [4.69, 9.17) is 11.6 Å². The average molecular weight is 293 g/mol. The van der Waals surface area contributed by atoms with E-state index in [9.17, 15) is 4.79 Å². The molecular formula is C14H17ClN4O. The van der Waals surface area contributed by atoms with Gasteiger partial charge in [0.2, 0.25) is 0 Å². The number of carbonyl (C=O) groups excluding carboxylic acids is 1. The van der Waals surface area contributed by atoms with Gasteiger partial charge in [-0.1, -0.05) is 11.6 Å². The minimum Gasteiger partial charge on any atom is -0.374 e. The zero-order valence-corrected chi connectivity index (χ0v) is 12.4. The molecule has 1 atom stereocenters. The van der Waals surface area contributed by atoms with Crippen LogP contribution < -0.4 is 10.6 Å². The molecule has 1 heterocycles. The fourth-order valence-electron chi connectivity index (χ4n) is 2.01. The molecule has 2 N–H and O–H groups in total. The van der Waals surface area contributed by atoms with Gasteiger partial charge in [-0.05, 0) is 25.1 Å². The molecule has 6 heteroatoms. The van der Waals surface area contributed by atoms with Gasteiger partial charge in [-0.3, -0.25) is 4.79 Å². The van der Waals surface area contributed by atoms with Crippen molar-refractivity contribution in [3.05, 3.63) is 47.0 Å². The lowest BCUT2D eigenvalue weighted by atomic mass is 10.1. The van der Waals surface area contributed by atoms with Gasteiger partial charge in [0, 0.05) is 32.1 Å². The molecule has 1 amide bonds. The highest BCUT2D eigenvalue weighted by molar-refractivity contribution is 6.33. The number of hydrogen-bond acceptors (Lipinski definition) is 3. The van der Waals surface area contributed by atoms with Crippen LogP contribution in [0.4, 0.5) is 5.69 Å². The van der Waals surface area contributed by atoms with Crippen LogP contribution in [0.1, 0.15) is 29.1 Å². The number of nitrogens with zero attached hydrogens (tertiary/aromatic N) is 2. The number of anilines is 1. The van der Waals surface area contributed by atoms with Gasteiger partial charge < -0.3 is 15.2 Å². The van der Waals surface area contributed by atoms with Crippen LogP contribution in [0.5, 0.6) is 0 Å². The molecule has 1 aromatic heterocycles. The first-order valence-electron chi connectivity index (χ1n) is 6.28. The first kappa shape index (κ1) is 14.4. The van der Waals surface area contributed by atoms with Gasteiger partial charge in [-0.2, -0.15) is 0 Å². The normalized spacial score (nSPS) is 12.0. The van der Waals surface area contributed by atoms with E-state index < -0.39 is 0 Å². The smallest absolute Gasteiger partial charge is 0.251 e. The minimum absolute atomic E-state index is 0.0209. The molecule has 20 heavy (non-hydrogen) atoms. The molecule has 1 unspecified atom stereocenters. The lowest BCUT2D eigenvalue weighted by Crippen LogP contribution is -2.18. The molecule has 0 aliphatic rings. The Labute approximate surface area is 123 Å². The van der Waals surface area contributed by atoms with E-state index in [0.717, 1.165) is 5.82 Å². The number of nitrogens with one attached hydrogen (secondary N) is 2. The van der Waals surface area contributed by atoms with Crippen molar-refractivity contribution in [1.82, 2.24) is 14.9 Å². The topological polar surface area (TPSA) is 59.0 Å². The van der Waals surface area contributed by atoms with E-state index in [-0.39, 0.29) is 11.9 Å². The summed E-state index contributed by atoms with van der Waals surface area (Å²) in [6.45, 7) is 1.99. The van der Waals surface area contributed by atoms with Crippen molar-refractivity contribution in [2.45, 2.75) is 13.0 Å². The average Bonchev–Trinajstić information content (AvgIpc) is 2.86. The SMILES string of the molecule is CNC(=O)c1ccc(Cl)c(NC(C)c2nccn2C)c1. The summed E-state index contributed by atoms with van der Waals surface area (Å²) in [6, 6.07) is 5.12. The Morgan fingerprint density at radius 1 is 1.45 bits per heavy atom. The summed E-state index contributed by atoms with van der Waals surface area (Å²) >= 11 is 6.17. The van der Waals surface area contributed by atoms with E-state index in [1.165, 1.54) is 0 Å². The molecule has 2 aromatic rings. The third-order valence-corrected chi connectivity index (χ3v) is 3.40. The highest BCUT2D eigenvalue weighted by atomic mass is 35.5. The Bertz CT molecular complexity index is 623. The number of rotatable bonds is 4. The number of aryl methyl sites for hydroxylation is 1. The van der Waals surface area contributed by atoms with Crippen LogP contribution in [0, 0.1) is 0 Å². The molecule has 0 aliphatic carbocycles. The summed E-state index contributed by atoms with van der Waals surface area (Å²) in [5.74, 6) is 0.751. The van der Waals surface area contributed by atoms with Crippen LogP contribution in [0.25, 0.3) is 0 Å². The molecule has 0 fully saturated rings. The predicted molar refractivity (Wildman–Crippen MR) is 80.1 cm³/mol. The standard InChI is InChI=1S/C14H17ClN4O/c1-9(13-17-6-7-19(13)3)18-12-8-10(14(20)16-2)4-5-11(12)15/h4-9,18H,1-3H3,(H,16,20). The zero-order chi connectivity index (χ0) is 14.7. The Balaban J connectivity index is 2.24. The Morgan fingerprint density at radius 2 is 2.20 bits per heavy atom. The van der Waals surface area contributed by atoms with Crippen molar-refractivity contribution < 1.29 is 4.79 Å². The highest BCUT2D eigenvalue weighted by Crippen LogP contribution is 2.26. The second-order valence-corrected chi connectivity index (χ2v) is 4.94. The molecule has 0 saturated heterocycles. The van der Waals surface area contributed by atoms with E-state index in [1.54, 1.807) is 31.4 Å². The highest BCUT2D eigenvalue weighted by Gasteiger charge is 2.13. The number of halogens is 1. The molecule has 2 rings (SSSR count). The molecule has 0 saturated carbocycles. The quantitative estimate of drug-likeness (QED) is 0.911. The third kappa shape index (κ3) is 2.93. The second kappa shape index (κ2) is 5.96. The molecular weight excluding hydrogens is 276 g/mol. The summed E-state index contributed by atoms with van der Waals surface area (Å²) in [4.78, 5) is 15.9. The second-order valence-electron chi connectivity index (χ2n) is 4.54. The Morgan fingerprint density at radius 3 is 2.80 bits per heavy atom. The van der Waals surface area contributed by atoms with Gasteiger partial charge in [-0.25, -0.2) is 4.98 Å². The van der Waals surface area contributed by atoms with Crippen LogP contribution in [0.3, 0.4) is 0 Å². The van der Waals surface area contributed by atoms with Crippen LogP contribution in [0.2, 0.25) is 5.02 Å². The first-order chi connectivity index (χ1) is 9.52. The minimum atomic E-state index is -0.144. The third-order valence-electron chi connectivity index (χ3n) is 3.07. The molecule has 0 aliphatic heterocycles. The Hall–Kier alpha value is -2.01.